The van der Waals surface area contributed by atoms with Crippen molar-refractivity contribution in [1.82, 2.24) is 0 Å². The zero-order chi connectivity index (χ0) is 53.1. The number of hydrogen-bond acceptors (Lipinski definition) is 8. The van der Waals surface area contributed by atoms with Crippen molar-refractivity contribution in [2.45, 2.75) is 225 Å². The highest BCUT2D eigenvalue weighted by Gasteiger charge is 2.26. The molecule has 0 aromatic rings. The van der Waals surface area contributed by atoms with Crippen molar-refractivity contribution in [3.05, 3.63) is 134 Å². The Labute approximate surface area is 446 Å². The fraction of sp³-hybridized carbons (Fsp3) is 0.619. The van der Waals surface area contributed by atoms with E-state index >= 15 is 0 Å². The highest BCUT2D eigenvalue weighted by Crippen LogP contribution is 2.43. The number of rotatable bonds is 52. The molecule has 2 unspecified atom stereocenters. The predicted octanol–water partition coefficient (Wildman–Crippen LogP) is 18.2. The van der Waals surface area contributed by atoms with E-state index in [1.165, 1.54) is 77.0 Å². The first-order valence-electron chi connectivity index (χ1n) is 28.7. The SMILES string of the molecule is CC/C=C\C/C=C\C/C=C\C/C=C\C/C=C\C/C=C\C/C=C\C/C=C\CCCCC(=O)OC(COC(=O)CCCCCCCCCCCC/C=C\C/C=C\C/C=C\CCCCCCC)COP(=O)(O)OCCN. The van der Waals surface area contributed by atoms with E-state index in [-0.39, 0.29) is 32.6 Å². The van der Waals surface area contributed by atoms with Gasteiger partial charge >= 0.3 is 19.8 Å². The first-order valence-corrected chi connectivity index (χ1v) is 30.2. The van der Waals surface area contributed by atoms with Gasteiger partial charge in [-0.2, -0.15) is 0 Å². The molecule has 0 aliphatic rings. The standard InChI is InChI=1S/C63H104NO8P/c1-3-5-7-9-11-13-15-17-19-21-23-25-27-29-30-32-34-36-38-40-42-44-46-48-50-52-54-56-63(66)72-61(60-71-73(67,68)70-58-57-64)59-69-62(65)55-53-51-49-47-45-43-41-39-37-35-33-31-28-26-24-22-20-18-16-14-12-10-8-6-4-2/h5,7,11,13,16-19,22-25,28-31,34,36,40,42,46,48,61H,3-4,6,8-10,12,14-15,20-21,26-27,32-33,35,37-39,41,43-45,47,49-60,64H2,1-2H3,(H,67,68)/b7-5-,13-11-,18-16-,19-17-,24-22-,25-23-,30-29-,31-28-,36-34-,42-40-,48-46-. The van der Waals surface area contributed by atoms with Gasteiger partial charge in [-0.3, -0.25) is 18.6 Å². The lowest BCUT2D eigenvalue weighted by atomic mass is 10.1. The van der Waals surface area contributed by atoms with E-state index < -0.39 is 32.5 Å². The maximum Gasteiger partial charge on any atom is 0.472 e. The zero-order valence-corrected chi connectivity index (χ0v) is 47.0. The first kappa shape index (κ1) is 69.2. The molecule has 0 fully saturated rings. The number of carbonyl (C=O) groups is 2. The van der Waals surface area contributed by atoms with E-state index in [9.17, 15) is 19.0 Å². The summed E-state index contributed by atoms with van der Waals surface area (Å²) >= 11 is 0. The van der Waals surface area contributed by atoms with Gasteiger partial charge in [0.15, 0.2) is 6.10 Å². The summed E-state index contributed by atoms with van der Waals surface area (Å²) in [6, 6.07) is 0. The molecule has 0 rings (SSSR count). The Morgan fingerprint density at radius 2 is 0.753 bits per heavy atom. The summed E-state index contributed by atoms with van der Waals surface area (Å²) in [6.07, 6.45) is 80.7. The van der Waals surface area contributed by atoms with Crippen LogP contribution in [0.5, 0.6) is 0 Å². The Morgan fingerprint density at radius 1 is 0.425 bits per heavy atom. The summed E-state index contributed by atoms with van der Waals surface area (Å²) in [6.45, 7) is 3.55. The molecule has 414 valence electrons. The average Bonchev–Trinajstić information content (AvgIpc) is 3.38. The topological polar surface area (TPSA) is 134 Å². The minimum absolute atomic E-state index is 0.0378. The lowest BCUT2D eigenvalue weighted by molar-refractivity contribution is -0.161. The molecule has 0 amide bonds. The van der Waals surface area contributed by atoms with Crippen LogP contribution in [0, 0.1) is 0 Å². The lowest BCUT2D eigenvalue weighted by Crippen LogP contribution is -2.29. The summed E-state index contributed by atoms with van der Waals surface area (Å²) in [5.41, 5.74) is 5.38. The molecule has 9 nitrogen and oxygen atoms in total. The molecule has 73 heavy (non-hydrogen) atoms. The molecule has 2 atom stereocenters. The van der Waals surface area contributed by atoms with Crippen molar-refractivity contribution in [2.75, 3.05) is 26.4 Å². The summed E-state index contributed by atoms with van der Waals surface area (Å²) in [7, 11) is -4.41. The van der Waals surface area contributed by atoms with Crippen molar-refractivity contribution in [3.8, 4) is 0 Å². The summed E-state index contributed by atoms with van der Waals surface area (Å²) in [4.78, 5) is 35.2. The van der Waals surface area contributed by atoms with Gasteiger partial charge in [-0.15, -0.1) is 0 Å². The molecule has 0 spiro atoms. The second-order valence-corrected chi connectivity index (χ2v) is 19.9. The molecule has 0 aromatic carbocycles. The molecule has 0 saturated heterocycles. The van der Waals surface area contributed by atoms with Crippen LogP contribution in [-0.2, 0) is 32.7 Å². The van der Waals surface area contributed by atoms with Gasteiger partial charge < -0.3 is 20.1 Å². The van der Waals surface area contributed by atoms with E-state index in [4.69, 9.17) is 24.3 Å². The maximum atomic E-state index is 12.7. The lowest BCUT2D eigenvalue weighted by Gasteiger charge is -2.19. The monoisotopic (exact) mass is 1030 g/mol. The Balaban J connectivity index is 4.14. The van der Waals surface area contributed by atoms with Crippen molar-refractivity contribution in [3.63, 3.8) is 0 Å². The zero-order valence-electron chi connectivity index (χ0n) is 46.1. The number of ether oxygens (including phenoxy) is 2. The van der Waals surface area contributed by atoms with Gasteiger partial charge in [0.2, 0.25) is 0 Å². The normalized spacial score (nSPS) is 14.1. The summed E-state index contributed by atoms with van der Waals surface area (Å²) < 4.78 is 33.0. The minimum atomic E-state index is -4.41. The van der Waals surface area contributed by atoms with Gasteiger partial charge in [0.1, 0.15) is 6.61 Å². The molecule has 10 heteroatoms. The van der Waals surface area contributed by atoms with Crippen molar-refractivity contribution in [2.24, 2.45) is 5.73 Å². The number of carbonyl (C=O) groups excluding carboxylic acids is 2. The van der Waals surface area contributed by atoms with Crippen LogP contribution in [0.1, 0.15) is 219 Å². The fourth-order valence-electron chi connectivity index (χ4n) is 7.30. The number of esters is 2. The quantitative estimate of drug-likeness (QED) is 0.0264. The predicted molar refractivity (Wildman–Crippen MR) is 311 cm³/mol. The van der Waals surface area contributed by atoms with Gasteiger partial charge in [0.05, 0.1) is 13.2 Å². The van der Waals surface area contributed by atoms with E-state index in [0.29, 0.717) is 12.8 Å². The number of unbranched alkanes of at least 4 members (excludes halogenated alkanes) is 17. The molecular formula is C63H104NO8P. The fourth-order valence-corrected chi connectivity index (χ4v) is 8.07. The maximum absolute atomic E-state index is 12.7. The summed E-state index contributed by atoms with van der Waals surface area (Å²) in [5.74, 6) is -0.893. The third-order valence-electron chi connectivity index (χ3n) is 11.5. The van der Waals surface area contributed by atoms with Crippen molar-refractivity contribution >= 4 is 19.8 Å². The van der Waals surface area contributed by atoms with Gasteiger partial charge in [-0.25, -0.2) is 4.57 Å². The molecular weight excluding hydrogens is 930 g/mol. The third kappa shape index (κ3) is 57.3. The van der Waals surface area contributed by atoms with Crippen LogP contribution in [0.3, 0.4) is 0 Å². The first-order chi connectivity index (χ1) is 35.8. The molecule has 0 radical (unpaired) electrons. The second-order valence-electron chi connectivity index (χ2n) is 18.4. The number of allylic oxidation sites excluding steroid dienone is 22. The smallest absolute Gasteiger partial charge is 0.462 e. The molecule has 0 aliphatic carbocycles. The summed E-state index contributed by atoms with van der Waals surface area (Å²) in [5, 5.41) is 0. The van der Waals surface area contributed by atoms with Crippen LogP contribution < -0.4 is 5.73 Å². The van der Waals surface area contributed by atoms with Crippen LogP contribution >= 0.6 is 7.82 Å². The number of nitrogens with two attached hydrogens (primary N) is 1. The minimum Gasteiger partial charge on any atom is -0.462 e. The Morgan fingerprint density at radius 3 is 1.15 bits per heavy atom. The van der Waals surface area contributed by atoms with Crippen molar-refractivity contribution < 1.29 is 37.6 Å². The molecule has 0 aromatic heterocycles. The van der Waals surface area contributed by atoms with Crippen LogP contribution in [0.15, 0.2) is 134 Å². The van der Waals surface area contributed by atoms with Crippen LogP contribution in [0.25, 0.3) is 0 Å². The Bertz CT molecular complexity index is 1650. The van der Waals surface area contributed by atoms with Gasteiger partial charge in [0, 0.05) is 19.4 Å². The van der Waals surface area contributed by atoms with Crippen LogP contribution in [-0.4, -0.2) is 49.3 Å². The molecule has 0 heterocycles. The second kappa shape index (κ2) is 57.4. The van der Waals surface area contributed by atoms with Crippen LogP contribution in [0.2, 0.25) is 0 Å². The average molecular weight is 1030 g/mol. The van der Waals surface area contributed by atoms with Gasteiger partial charge in [-0.1, -0.05) is 225 Å². The van der Waals surface area contributed by atoms with Gasteiger partial charge in [0.25, 0.3) is 0 Å². The molecule has 0 bridgehead atoms. The molecule has 0 saturated carbocycles. The largest absolute Gasteiger partial charge is 0.472 e. The van der Waals surface area contributed by atoms with Crippen molar-refractivity contribution in [1.29, 1.82) is 0 Å². The Hall–Kier alpha value is -3.85. The van der Waals surface area contributed by atoms with E-state index in [1.54, 1.807) is 0 Å². The Kier molecular flexibility index (Phi) is 54.4. The highest BCUT2D eigenvalue weighted by molar-refractivity contribution is 7.47. The molecule has 0 aliphatic heterocycles. The number of phosphoric ester groups is 1. The van der Waals surface area contributed by atoms with Crippen LogP contribution in [0.4, 0.5) is 0 Å². The van der Waals surface area contributed by atoms with E-state index in [2.05, 4.69) is 148 Å². The van der Waals surface area contributed by atoms with E-state index in [0.717, 1.165) is 103 Å². The van der Waals surface area contributed by atoms with E-state index in [1.807, 2.05) is 0 Å². The number of phosphoric acid groups is 1. The third-order valence-corrected chi connectivity index (χ3v) is 12.5. The molecule has 3 N–H and O–H groups in total. The highest BCUT2D eigenvalue weighted by atomic mass is 31.2. The van der Waals surface area contributed by atoms with Gasteiger partial charge in [-0.05, 0) is 116 Å². The number of hydrogen-bond donors (Lipinski definition) is 2.